The standard InChI is InChI=1S/C20H23NO5/c1-4-11-25-19-8-6-5-7-17(19)21-20(23)13-26-18-10-9-15(24-3)12-16(18)14(2)22/h5-10,12H,4,11,13H2,1-3H3,(H,21,23). The highest BCUT2D eigenvalue weighted by Crippen LogP contribution is 2.26. The van der Waals surface area contributed by atoms with E-state index in [0.29, 0.717) is 35.1 Å². The van der Waals surface area contributed by atoms with E-state index in [4.69, 9.17) is 14.2 Å². The number of hydrogen-bond acceptors (Lipinski definition) is 5. The molecule has 0 heterocycles. The van der Waals surface area contributed by atoms with E-state index < -0.39 is 0 Å². The third-order valence-electron chi connectivity index (χ3n) is 3.55. The van der Waals surface area contributed by atoms with Gasteiger partial charge in [-0.3, -0.25) is 9.59 Å². The van der Waals surface area contributed by atoms with Crippen LogP contribution >= 0.6 is 0 Å². The topological polar surface area (TPSA) is 73.9 Å². The predicted octanol–water partition coefficient (Wildman–Crippen LogP) is 3.70. The molecule has 1 amide bonds. The van der Waals surface area contributed by atoms with Crippen molar-refractivity contribution < 1.29 is 23.8 Å². The number of carbonyl (C=O) groups is 2. The van der Waals surface area contributed by atoms with Crippen molar-refractivity contribution in [3.63, 3.8) is 0 Å². The Morgan fingerprint density at radius 2 is 1.81 bits per heavy atom. The van der Waals surface area contributed by atoms with Crippen LogP contribution in [-0.4, -0.2) is 32.0 Å². The number of ether oxygens (including phenoxy) is 3. The number of rotatable bonds is 9. The molecular weight excluding hydrogens is 334 g/mol. The fourth-order valence-electron chi connectivity index (χ4n) is 2.27. The van der Waals surface area contributed by atoms with Gasteiger partial charge in [0.1, 0.15) is 17.2 Å². The average molecular weight is 357 g/mol. The first kappa shape index (κ1) is 19.3. The van der Waals surface area contributed by atoms with Gasteiger partial charge in [0.25, 0.3) is 5.91 Å². The molecule has 138 valence electrons. The lowest BCUT2D eigenvalue weighted by molar-refractivity contribution is -0.118. The van der Waals surface area contributed by atoms with Crippen LogP contribution < -0.4 is 19.5 Å². The van der Waals surface area contributed by atoms with Crippen LogP contribution in [0.4, 0.5) is 5.69 Å². The summed E-state index contributed by atoms with van der Waals surface area (Å²) in [5.41, 5.74) is 0.944. The molecule has 0 bridgehead atoms. The Morgan fingerprint density at radius 1 is 1.04 bits per heavy atom. The van der Waals surface area contributed by atoms with Gasteiger partial charge in [-0.05, 0) is 43.7 Å². The fourth-order valence-corrected chi connectivity index (χ4v) is 2.27. The summed E-state index contributed by atoms with van der Waals surface area (Å²) in [5, 5.41) is 2.76. The highest BCUT2D eigenvalue weighted by molar-refractivity contribution is 5.97. The third kappa shape index (κ3) is 5.24. The summed E-state index contributed by atoms with van der Waals surface area (Å²) < 4.78 is 16.2. The lowest BCUT2D eigenvalue weighted by Crippen LogP contribution is -2.21. The quantitative estimate of drug-likeness (QED) is 0.693. The number of ketones is 1. The molecule has 26 heavy (non-hydrogen) atoms. The molecule has 0 saturated heterocycles. The molecule has 1 N–H and O–H groups in total. The van der Waals surface area contributed by atoms with Crippen molar-refractivity contribution in [1.82, 2.24) is 0 Å². The minimum atomic E-state index is -0.345. The number of para-hydroxylation sites is 2. The smallest absolute Gasteiger partial charge is 0.262 e. The number of benzene rings is 2. The Balaban J connectivity index is 2.03. The van der Waals surface area contributed by atoms with Crippen LogP contribution in [0.3, 0.4) is 0 Å². The summed E-state index contributed by atoms with van der Waals surface area (Å²) in [6, 6.07) is 12.1. The van der Waals surface area contributed by atoms with E-state index >= 15 is 0 Å². The van der Waals surface area contributed by atoms with Gasteiger partial charge in [0.05, 0.1) is 25.0 Å². The normalized spacial score (nSPS) is 10.1. The van der Waals surface area contributed by atoms with E-state index in [1.807, 2.05) is 19.1 Å². The van der Waals surface area contributed by atoms with Crippen molar-refractivity contribution >= 4 is 17.4 Å². The zero-order valence-corrected chi connectivity index (χ0v) is 15.2. The van der Waals surface area contributed by atoms with Crippen molar-refractivity contribution in [2.24, 2.45) is 0 Å². The number of anilines is 1. The Hall–Kier alpha value is -3.02. The average Bonchev–Trinajstić information content (AvgIpc) is 2.65. The molecule has 0 saturated carbocycles. The summed E-state index contributed by atoms with van der Waals surface area (Å²) in [6.07, 6.45) is 0.872. The van der Waals surface area contributed by atoms with E-state index in [2.05, 4.69) is 5.32 Å². The zero-order valence-electron chi connectivity index (χ0n) is 15.2. The molecule has 0 aliphatic heterocycles. The molecular formula is C20H23NO5. The zero-order chi connectivity index (χ0) is 18.9. The van der Waals surface area contributed by atoms with Gasteiger partial charge in [-0.2, -0.15) is 0 Å². The van der Waals surface area contributed by atoms with Crippen LogP contribution in [0, 0.1) is 0 Å². The number of amides is 1. The van der Waals surface area contributed by atoms with Crippen LogP contribution in [0.25, 0.3) is 0 Å². The Bertz CT molecular complexity index is 773. The second kappa shape index (κ2) is 9.46. The molecule has 0 spiro atoms. The van der Waals surface area contributed by atoms with Gasteiger partial charge < -0.3 is 19.5 Å². The summed E-state index contributed by atoms with van der Waals surface area (Å²) in [6.45, 7) is 3.78. The van der Waals surface area contributed by atoms with E-state index in [9.17, 15) is 9.59 Å². The first-order valence-electron chi connectivity index (χ1n) is 8.38. The first-order valence-corrected chi connectivity index (χ1v) is 8.38. The van der Waals surface area contributed by atoms with Crippen LogP contribution in [0.15, 0.2) is 42.5 Å². The minimum Gasteiger partial charge on any atom is -0.497 e. The monoisotopic (exact) mass is 357 g/mol. The predicted molar refractivity (Wildman–Crippen MR) is 99.4 cm³/mol. The number of methoxy groups -OCH3 is 1. The number of Topliss-reactive ketones (excluding diaryl/α,β-unsaturated/α-hetero) is 1. The second-order valence-electron chi connectivity index (χ2n) is 5.60. The van der Waals surface area contributed by atoms with Gasteiger partial charge in [-0.25, -0.2) is 0 Å². The second-order valence-corrected chi connectivity index (χ2v) is 5.60. The Labute approximate surface area is 153 Å². The molecule has 2 aromatic carbocycles. The van der Waals surface area contributed by atoms with Crippen molar-refractivity contribution in [2.75, 3.05) is 25.6 Å². The highest BCUT2D eigenvalue weighted by atomic mass is 16.5. The molecule has 0 aliphatic carbocycles. The molecule has 0 aromatic heterocycles. The maximum atomic E-state index is 12.2. The van der Waals surface area contributed by atoms with Gasteiger partial charge >= 0.3 is 0 Å². The first-order chi connectivity index (χ1) is 12.5. The third-order valence-corrected chi connectivity index (χ3v) is 3.55. The summed E-state index contributed by atoms with van der Waals surface area (Å²) >= 11 is 0. The largest absolute Gasteiger partial charge is 0.497 e. The summed E-state index contributed by atoms with van der Waals surface area (Å²) in [7, 11) is 1.52. The Morgan fingerprint density at radius 3 is 2.50 bits per heavy atom. The molecule has 2 rings (SSSR count). The van der Waals surface area contributed by atoms with Gasteiger partial charge in [0.15, 0.2) is 12.4 Å². The van der Waals surface area contributed by atoms with E-state index in [1.165, 1.54) is 14.0 Å². The molecule has 6 heteroatoms. The van der Waals surface area contributed by atoms with Crippen LogP contribution in [-0.2, 0) is 4.79 Å². The summed E-state index contributed by atoms with van der Waals surface area (Å²) in [4.78, 5) is 24.0. The molecule has 0 radical (unpaired) electrons. The van der Waals surface area contributed by atoms with E-state index in [-0.39, 0.29) is 18.3 Å². The van der Waals surface area contributed by atoms with Crippen molar-refractivity contribution in [3.8, 4) is 17.2 Å². The molecule has 0 atom stereocenters. The molecule has 6 nitrogen and oxygen atoms in total. The van der Waals surface area contributed by atoms with Crippen molar-refractivity contribution in [3.05, 3.63) is 48.0 Å². The van der Waals surface area contributed by atoms with Crippen LogP contribution in [0.5, 0.6) is 17.2 Å². The van der Waals surface area contributed by atoms with Gasteiger partial charge in [-0.1, -0.05) is 19.1 Å². The molecule has 0 unspecified atom stereocenters. The molecule has 2 aromatic rings. The van der Waals surface area contributed by atoms with Crippen molar-refractivity contribution in [2.45, 2.75) is 20.3 Å². The van der Waals surface area contributed by atoms with Gasteiger partial charge in [-0.15, -0.1) is 0 Å². The van der Waals surface area contributed by atoms with E-state index in [1.54, 1.807) is 30.3 Å². The summed E-state index contributed by atoms with van der Waals surface area (Å²) in [5.74, 6) is 0.982. The number of nitrogens with one attached hydrogen (secondary N) is 1. The van der Waals surface area contributed by atoms with Gasteiger partial charge in [0, 0.05) is 0 Å². The minimum absolute atomic E-state index is 0.169. The molecule has 0 aliphatic rings. The number of carbonyl (C=O) groups excluding carboxylic acids is 2. The number of hydrogen-bond donors (Lipinski definition) is 1. The maximum absolute atomic E-state index is 12.2. The maximum Gasteiger partial charge on any atom is 0.262 e. The van der Waals surface area contributed by atoms with Crippen molar-refractivity contribution in [1.29, 1.82) is 0 Å². The van der Waals surface area contributed by atoms with Crippen LogP contribution in [0.1, 0.15) is 30.6 Å². The van der Waals surface area contributed by atoms with Gasteiger partial charge in [0.2, 0.25) is 0 Å². The lowest BCUT2D eigenvalue weighted by Gasteiger charge is -2.13. The van der Waals surface area contributed by atoms with Crippen LogP contribution in [0.2, 0.25) is 0 Å². The lowest BCUT2D eigenvalue weighted by atomic mass is 10.1. The SMILES string of the molecule is CCCOc1ccccc1NC(=O)COc1ccc(OC)cc1C(C)=O. The molecule has 0 fully saturated rings. The fraction of sp³-hybridized carbons (Fsp3) is 0.300. The highest BCUT2D eigenvalue weighted by Gasteiger charge is 2.13. The van der Waals surface area contributed by atoms with E-state index in [0.717, 1.165) is 6.42 Å². The Kier molecular flexibility index (Phi) is 7.02.